The molecule has 0 bridgehead atoms. The van der Waals surface area contributed by atoms with E-state index in [0.29, 0.717) is 46.6 Å². The van der Waals surface area contributed by atoms with Crippen molar-refractivity contribution in [2.75, 3.05) is 0 Å². The first kappa shape index (κ1) is 16.4. The van der Waals surface area contributed by atoms with Crippen LogP contribution in [0.5, 0.6) is 0 Å². The van der Waals surface area contributed by atoms with Crippen LogP contribution in [0.3, 0.4) is 0 Å². The predicted molar refractivity (Wildman–Crippen MR) is 102 cm³/mol. The molecule has 1 aromatic rings. The molecule has 0 unspecified atom stereocenters. The Balaban J connectivity index is 1.75. The van der Waals surface area contributed by atoms with Crippen molar-refractivity contribution in [3.05, 3.63) is 94.5 Å². The highest BCUT2D eigenvalue weighted by atomic mass is 16.7. The molecule has 0 spiro atoms. The summed E-state index contributed by atoms with van der Waals surface area (Å²) >= 11 is 0. The van der Waals surface area contributed by atoms with Gasteiger partial charge in [-0.05, 0) is 36.1 Å². The standard InChI is InChI=1S/C22H16N2O4/c25-21-19(15-9-3-5-11-17(15)27-23-21)13-7-1-2-8-14(13)20-16-10-4-6-12-18(16)28-24-22(20)26/h1-8,11-12H,9-10H2,(H,23,25)(H,24,26). The van der Waals surface area contributed by atoms with Gasteiger partial charge in [0, 0.05) is 11.1 Å². The lowest BCUT2D eigenvalue weighted by Crippen LogP contribution is -2.33. The number of rotatable bonds is 2. The molecule has 28 heavy (non-hydrogen) atoms. The van der Waals surface area contributed by atoms with E-state index in [2.05, 4.69) is 11.0 Å². The number of hydrogen-bond donors (Lipinski definition) is 2. The van der Waals surface area contributed by atoms with Gasteiger partial charge in [-0.2, -0.15) is 11.0 Å². The van der Waals surface area contributed by atoms with E-state index in [1.807, 2.05) is 60.7 Å². The molecule has 2 aliphatic carbocycles. The van der Waals surface area contributed by atoms with Crippen LogP contribution in [0.1, 0.15) is 24.0 Å². The van der Waals surface area contributed by atoms with Crippen LogP contribution < -0.4 is 11.0 Å². The van der Waals surface area contributed by atoms with Crippen molar-refractivity contribution in [3.63, 3.8) is 0 Å². The zero-order valence-electron chi connectivity index (χ0n) is 14.8. The number of carbonyl (C=O) groups is 2. The number of carbonyl (C=O) groups excluding carboxylic acids is 2. The summed E-state index contributed by atoms with van der Waals surface area (Å²) in [6.45, 7) is 0. The van der Waals surface area contributed by atoms with Crippen LogP contribution in [0.25, 0.3) is 11.1 Å². The van der Waals surface area contributed by atoms with E-state index >= 15 is 0 Å². The molecule has 2 heterocycles. The van der Waals surface area contributed by atoms with E-state index in [4.69, 9.17) is 9.68 Å². The Hall–Kier alpha value is -3.80. The molecule has 2 aliphatic heterocycles. The van der Waals surface area contributed by atoms with Gasteiger partial charge >= 0.3 is 0 Å². The van der Waals surface area contributed by atoms with Crippen LogP contribution in [-0.2, 0) is 19.3 Å². The first-order chi connectivity index (χ1) is 13.7. The third kappa shape index (κ3) is 2.50. The molecule has 0 aromatic heterocycles. The zero-order valence-corrected chi connectivity index (χ0v) is 14.8. The normalized spacial score (nSPS) is 20.3. The maximum Gasteiger partial charge on any atom is 0.284 e. The molecule has 5 rings (SSSR count). The summed E-state index contributed by atoms with van der Waals surface area (Å²) in [4.78, 5) is 36.2. The number of hydrogen-bond acceptors (Lipinski definition) is 4. The minimum absolute atomic E-state index is 0.327. The van der Waals surface area contributed by atoms with Gasteiger partial charge in [0.05, 0.1) is 11.1 Å². The Morgan fingerprint density at radius 3 is 1.64 bits per heavy atom. The van der Waals surface area contributed by atoms with Gasteiger partial charge in [-0.3, -0.25) is 9.59 Å². The maximum absolute atomic E-state index is 12.7. The predicted octanol–water partition coefficient (Wildman–Crippen LogP) is 3.00. The van der Waals surface area contributed by atoms with Gasteiger partial charge in [-0.15, -0.1) is 0 Å². The second-order valence-corrected chi connectivity index (χ2v) is 6.65. The highest BCUT2D eigenvalue weighted by molar-refractivity contribution is 6.27. The highest BCUT2D eigenvalue weighted by Gasteiger charge is 2.33. The number of allylic oxidation sites excluding steroid dienone is 8. The van der Waals surface area contributed by atoms with Gasteiger partial charge in [0.25, 0.3) is 11.8 Å². The van der Waals surface area contributed by atoms with Crippen molar-refractivity contribution < 1.29 is 19.3 Å². The minimum Gasteiger partial charge on any atom is -0.379 e. The van der Waals surface area contributed by atoms with Crippen molar-refractivity contribution in [1.82, 2.24) is 11.0 Å². The third-order valence-corrected chi connectivity index (χ3v) is 5.04. The number of hydroxylamine groups is 2. The molecule has 0 atom stereocenters. The number of amides is 2. The summed E-state index contributed by atoms with van der Waals surface area (Å²) < 4.78 is 0. The fraction of sp³-hybridized carbons (Fsp3) is 0.0909. The number of nitrogens with one attached hydrogen (secondary N) is 2. The molecule has 4 aliphatic rings. The van der Waals surface area contributed by atoms with Gasteiger partial charge < -0.3 is 9.68 Å². The molecule has 6 nitrogen and oxygen atoms in total. The molecule has 0 saturated carbocycles. The SMILES string of the molecule is O=C1NOC2=CC=CCC2=C1c1ccccc1C1=C2CC=CC=C2ONC1=O. The van der Waals surface area contributed by atoms with E-state index in [1.54, 1.807) is 0 Å². The van der Waals surface area contributed by atoms with Crippen molar-refractivity contribution in [2.24, 2.45) is 0 Å². The van der Waals surface area contributed by atoms with E-state index in [9.17, 15) is 9.59 Å². The number of fused-ring (bicyclic) bond motifs is 2. The van der Waals surface area contributed by atoms with E-state index in [-0.39, 0.29) is 11.8 Å². The Kier molecular flexibility index (Phi) is 3.76. The lowest BCUT2D eigenvalue weighted by molar-refractivity contribution is -0.126. The molecule has 6 heteroatoms. The highest BCUT2D eigenvalue weighted by Crippen LogP contribution is 2.39. The average Bonchev–Trinajstić information content (AvgIpc) is 2.74. The summed E-state index contributed by atoms with van der Waals surface area (Å²) in [6, 6.07) is 7.43. The second kappa shape index (κ2) is 6.42. The molecule has 138 valence electrons. The lowest BCUT2D eigenvalue weighted by Gasteiger charge is -2.28. The first-order valence-electron chi connectivity index (χ1n) is 8.99. The Labute approximate surface area is 161 Å². The molecule has 0 saturated heterocycles. The van der Waals surface area contributed by atoms with Crippen molar-refractivity contribution in [3.8, 4) is 0 Å². The largest absolute Gasteiger partial charge is 0.379 e. The molecular weight excluding hydrogens is 356 g/mol. The monoisotopic (exact) mass is 372 g/mol. The van der Waals surface area contributed by atoms with Crippen LogP contribution in [0, 0.1) is 0 Å². The fourth-order valence-corrected chi connectivity index (χ4v) is 3.79. The Morgan fingerprint density at radius 2 is 1.18 bits per heavy atom. The Morgan fingerprint density at radius 1 is 0.714 bits per heavy atom. The van der Waals surface area contributed by atoms with E-state index in [1.165, 1.54) is 0 Å². The van der Waals surface area contributed by atoms with Gasteiger partial charge in [-0.25, -0.2) is 0 Å². The van der Waals surface area contributed by atoms with E-state index < -0.39 is 0 Å². The van der Waals surface area contributed by atoms with Gasteiger partial charge in [-0.1, -0.05) is 48.6 Å². The fourth-order valence-electron chi connectivity index (χ4n) is 3.79. The van der Waals surface area contributed by atoms with Crippen LogP contribution >= 0.6 is 0 Å². The van der Waals surface area contributed by atoms with Crippen LogP contribution in [-0.4, -0.2) is 11.8 Å². The molecule has 1 aromatic carbocycles. The maximum atomic E-state index is 12.7. The molecule has 2 amide bonds. The summed E-state index contributed by atoms with van der Waals surface area (Å²) in [6.07, 6.45) is 12.5. The first-order valence-corrected chi connectivity index (χ1v) is 8.99. The smallest absolute Gasteiger partial charge is 0.284 e. The Bertz CT molecular complexity index is 1010. The topological polar surface area (TPSA) is 76.7 Å². The van der Waals surface area contributed by atoms with E-state index in [0.717, 1.165) is 11.1 Å². The van der Waals surface area contributed by atoms with Crippen molar-refractivity contribution >= 4 is 23.0 Å². The average molecular weight is 372 g/mol. The third-order valence-electron chi connectivity index (χ3n) is 5.04. The molecule has 0 fully saturated rings. The summed E-state index contributed by atoms with van der Waals surface area (Å²) in [5.74, 6) is 0.573. The quantitative estimate of drug-likeness (QED) is 0.837. The van der Waals surface area contributed by atoms with Gasteiger partial charge in [0.15, 0.2) is 11.5 Å². The van der Waals surface area contributed by atoms with Crippen molar-refractivity contribution in [1.29, 1.82) is 0 Å². The van der Waals surface area contributed by atoms with Crippen LogP contribution in [0.15, 0.2) is 83.4 Å². The summed E-state index contributed by atoms with van der Waals surface area (Å²) in [5.41, 5.74) is 8.94. The minimum atomic E-state index is -0.327. The number of benzene rings is 1. The summed E-state index contributed by atoms with van der Waals surface area (Å²) in [7, 11) is 0. The summed E-state index contributed by atoms with van der Waals surface area (Å²) in [5, 5.41) is 0. The van der Waals surface area contributed by atoms with Crippen LogP contribution in [0.2, 0.25) is 0 Å². The van der Waals surface area contributed by atoms with Crippen molar-refractivity contribution in [2.45, 2.75) is 12.8 Å². The van der Waals surface area contributed by atoms with Crippen LogP contribution in [0.4, 0.5) is 0 Å². The van der Waals surface area contributed by atoms with Gasteiger partial charge in [0.2, 0.25) is 0 Å². The molecular formula is C22H16N2O4. The molecule has 0 radical (unpaired) electrons. The lowest BCUT2D eigenvalue weighted by atomic mass is 9.85. The zero-order chi connectivity index (χ0) is 19.1. The molecule has 2 N–H and O–H groups in total. The van der Waals surface area contributed by atoms with Gasteiger partial charge in [0.1, 0.15) is 0 Å². The second-order valence-electron chi connectivity index (χ2n) is 6.65.